The Morgan fingerprint density at radius 1 is 1.70 bits per heavy atom. The van der Waals surface area contributed by atoms with E-state index < -0.39 is 11.4 Å². The molecule has 1 aromatic heterocycles. The second-order valence-electron chi connectivity index (χ2n) is 1.71. The average molecular weight is 143 g/mol. The molecule has 1 N–H and O–H groups in total. The Morgan fingerprint density at radius 3 is 2.90 bits per heavy atom. The lowest BCUT2D eigenvalue weighted by Crippen LogP contribution is -2.04. The van der Waals surface area contributed by atoms with Gasteiger partial charge in [0.05, 0.1) is 7.11 Å². The number of rotatable bonds is 1. The number of hydrogen-bond donors (Lipinski definition) is 1. The largest absolute Gasteiger partial charge is 0.492 e. The van der Waals surface area contributed by atoms with Crippen molar-refractivity contribution in [2.45, 2.75) is 0 Å². The molecule has 0 spiro atoms. The first-order valence-electron chi connectivity index (χ1n) is 2.66. The van der Waals surface area contributed by atoms with Crippen molar-refractivity contribution >= 4 is 0 Å². The normalized spacial score (nSPS) is 9.40. The van der Waals surface area contributed by atoms with Crippen LogP contribution in [-0.2, 0) is 0 Å². The maximum absolute atomic E-state index is 12.5. The van der Waals surface area contributed by atoms with Gasteiger partial charge in [-0.15, -0.1) is 0 Å². The summed E-state index contributed by atoms with van der Waals surface area (Å²) in [5.74, 6) is -0.606. The summed E-state index contributed by atoms with van der Waals surface area (Å²) in [6, 6.07) is 0.832. The predicted octanol–water partition coefficient (Wildman–Crippen LogP) is 0.523. The third-order valence-electron chi connectivity index (χ3n) is 1.06. The van der Waals surface area contributed by atoms with Gasteiger partial charge in [0.15, 0.2) is 11.6 Å². The van der Waals surface area contributed by atoms with Crippen molar-refractivity contribution in [2.24, 2.45) is 0 Å². The molecule has 0 bridgehead atoms. The topological polar surface area (TPSA) is 42.1 Å². The van der Waals surface area contributed by atoms with Gasteiger partial charge in [-0.05, 0) is 0 Å². The maximum Gasteiger partial charge on any atom is 0.251 e. The minimum absolute atomic E-state index is 0.0413. The molecule has 0 amide bonds. The minimum atomic E-state index is -0.647. The van der Waals surface area contributed by atoms with E-state index in [1.165, 1.54) is 13.3 Å². The average Bonchev–Trinajstić information content (AvgIpc) is 1.88. The molecule has 0 aliphatic carbocycles. The van der Waals surface area contributed by atoms with Gasteiger partial charge in [-0.1, -0.05) is 0 Å². The summed E-state index contributed by atoms with van der Waals surface area (Å²) < 4.78 is 17.1. The van der Waals surface area contributed by atoms with Gasteiger partial charge in [0, 0.05) is 12.3 Å². The molecule has 0 saturated carbocycles. The van der Waals surface area contributed by atoms with Gasteiger partial charge in [-0.25, -0.2) is 4.39 Å². The highest BCUT2D eigenvalue weighted by molar-refractivity contribution is 5.18. The van der Waals surface area contributed by atoms with Gasteiger partial charge < -0.3 is 9.72 Å². The van der Waals surface area contributed by atoms with Crippen molar-refractivity contribution < 1.29 is 9.13 Å². The molecule has 0 aliphatic rings. The van der Waals surface area contributed by atoms with Crippen LogP contribution in [0, 0.1) is 5.82 Å². The monoisotopic (exact) mass is 143 g/mol. The first-order valence-corrected chi connectivity index (χ1v) is 2.66. The zero-order valence-electron chi connectivity index (χ0n) is 5.35. The van der Waals surface area contributed by atoms with E-state index in [0.29, 0.717) is 0 Å². The van der Waals surface area contributed by atoms with E-state index in [-0.39, 0.29) is 5.75 Å². The summed E-state index contributed by atoms with van der Waals surface area (Å²) in [6.45, 7) is 0. The molecule has 0 atom stereocenters. The zero-order chi connectivity index (χ0) is 7.56. The third-order valence-corrected chi connectivity index (χ3v) is 1.06. The summed E-state index contributed by atoms with van der Waals surface area (Å²) in [5.41, 5.74) is -0.474. The molecule has 54 valence electrons. The summed E-state index contributed by atoms with van der Waals surface area (Å²) in [4.78, 5) is 12.7. The number of hydrogen-bond acceptors (Lipinski definition) is 2. The Labute approximate surface area is 56.5 Å². The highest BCUT2D eigenvalue weighted by Crippen LogP contribution is 2.09. The lowest BCUT2D eigenvalue weighted by Gasteiger charge is -1.97. The van der Waals surface area contributed by atoms with Crippen LogP contribution in [0.25, 0.3) is 0 Å². The lowest BCUT2D eigenvalue weighted by molar-refractivity contribution is 0.383. The van der Waals surface area contributed by atoms with E-state index in [0.717, 1.165) is 6.07 Å². The minimum Gasteiger partial charge on any atom is -0.492 e. The zero-order valence-corrected chi connectivity index (χ0v) is 5.35. The standard InChI is InChI=1S/C6H6FNO2/c1-10-5-3-8-6(9)2-4(5)7/h2-3H,1H3,(H,8,9). The lowest BCUT2D eigenvalue weighted by atomic mass is 10.4. The first kappa shape index (κ1) is 6.80. The van der Waals surface area contributed by atoms with E-state index >= 15 is 0 Å². The van der Waals surface area contributed by atoms with E-state index in [1.807, 2.05) is 0 Å². The molecule has 1 heterocycles. The molecule has 0 saturated heterocycles. The van der Waals surface area contributed by atoms with Crippen LogP contribution in [0.3, 0.4) is 0 Å². The molecule has 0 unspecified atom stereocenters. The number of halogens is 1. The summed E-state index contributed by atoms with van der Waals surface area (Å²) >= 11 is 0. The van der Waals surface area contributed by atoms with Crippen LogP contribution in [0.2, 0.25) is 0 Å². The van der Waals surface area contributed by atoms with Crippen LogP contribution in [0.15, 0.2) is 17.1 Å². The van der Waals surface area contributed by atoms with Gasteiger partial charge in [-0.3, -0.25) is 4.79 Å². The highest BCUT2D eigenvalue weighted by Gasteiger charge is 1.99. The van der Waals surface area contributed by atoms with Gasteiger partial charge in [-0.2, -0.15) is 0 Å². The molecule has 4 heteroatoms. The van der Waals surface area contributed by atoms with E-state index in [2.05, 4.69) is 9.72 Å². The number of ether oxygens (including phenoxy) is 1. The molecule has 10 heavy (non-hydrogen) atoms. The van der Waals surface area contributed by atoms with Gasteiger partial charge >= 0.3 is 0 Å². The van der Waals surface area contributed by atoms with Crippen LogP contribution in [0.5, 0.6) is 5.75 Å². The molecule has 0 aliphatic heterocycles. The molecule has 0 radical (unpaired) electrons. The molecular formula is C6H6FNO2. The van der Waals surface area contributed by atoms with Crippen molar-refractivity contribution in [1.82, 2.24) is 4.98 Å². The number of nitrogens with one attached hydrogen (secondary N) is 1. The number of aromatic nitrogens is 1. The number of pyridine rings is 1. The fourth-order valence-electron chi connectivity index (χ4n) is 0.590. The Balaban J connectivity index is 3.19. The number of aromatic amines is 1. The fraction of sp³-hybridized carbons (Fsp3) is 0.167. The number of methoxy groups -OCH3 is 1. The third kappa shape index (κ3) is 1.15. The summed E-state index contributed by atoms with van der Waals surface area (Å²) in [6.07, 6.45) is 1.18. The van der Waals surface area contributed by atoms with Crippen molar-refractivity contribution in [1.29, 1.82) is 0 Å². The van der Waals surface area contributed by atoms with Crippen LogP contribution in [0.1, 0.15) is 0 Å². The molecular weight excluding hydrogens is 137 g/mol. The Bertz CT molecular complexity index is 281. The van der Waals surface area contributed by atoms with E-state index in [1.54, 1.807) is 0 Å². The fourth-order valence-corrected chi connectivity index (χ4v) is 0.590. The molecule has 1 rings (SSSR count). The second-order valence-corrected chi connectivity index (χ2v) is 1.71. The molecule has 0 fully saturated rings. The molecule has 0 aromatic carbocycles. The molecule has 1 aromatic rings. The van der Waals surface area contributed by atoms with Crippen LogP contribution in [0.4, 0.5) is 4.39 Å². The van der Waals surface area contributed by atoms with Crippen molar-refractivity contribution in [3.63, 3.8) is 0 Å². The van der Waals surface area contributed by atoms with Gasteiger partial charge in [0.25, 0.3) is 5.56 Å². The molecule has 3 nitrogen and oxygen atoms in total. The second kappa shape index (κ2) is 2.51. The Kier molecular flexibility index (Phi) is 1.71. The van der Waals surface area contributed by atoms with Crippen molar-refractivity contribution in [3.8, 4) is 5.75 Å². The Hall–Kier alpha value is -1.32. The Morgan fingerprint density at radius 2 is 2.40 bits per heavy atom. The first-order chi connectivity index (χ1) is 4.74. The maximum atomic E-state index is 12.5. The van der Waals surface area contributed by atoms with Crippen LogP contribution in [-0.4, -0.2) is 12.1 Å². The highest BCUT2D eigenvalue weighted by atomic mass is 19.1. The van der Waals surface area contributed by atoms with Crippen molar-refractivity contribution in [2.75, 3.05) is 7.11 Å². The smallest absolute Gasteiger partial charge is 0.251 e. The quantitative estimate of drug-likeness (QED) is 0.622. The number of H-pyrrole nitrogens is 1. The SMILES string of the molecule is COc1c[nH]c(=O)cc1F. The summed E-state index contributed by atoms with van der Waals surface area (Å²) in [7, 11) is 1.33. The van der Waals surface area contributed by atoms with E-state index in [9.17, 15) is 9.18 Å². The van der Waals surface area contributed by atoms with Gasteiger partial charge in [0.2, 0.25) is 0 Å². The summed E-state index contributed by atoms with van der Waals surface area (Å²) in [5, 5.41) is 0. The van der Waals surface area contributed by atoms with Crippen LogP contribution >= 0.6 is 0 Å². The van der Waals surface area contributed by atoms with Crippen molar-refractivity contribution in [3.05, 3.63) is 28.4 Å². The van der Waals surface area contributed by atoms with E-state index in [4.69, 9.17) is 0 Å². The predicted molar refractivity (Wildman–Crippen MR) is 33.6 cm³/mol. The van der Waals surface area contributed by atoms with Crippen LogP contribution < -0.4 is 10.3 Å². The van der Waals surface area contributed by atoms with Gasteiger partial charge in [0.1, 0.15) is 0 Å².